The summed E-state index contributed by atoms with van der Waals surface area (Å²) in [6.07, 6.45) is 15.0. The summed E-state index contributed by atoms with van der Waals surface area (Å²) in [5.41, 5.74) is 3.07. The molecule has 2 heterocycles. The van der Waals surface area contributed by atoms with Crippen molar-refractivity contribution in [3.05, 3.63) is 63.9 Å². The third-order valence-corrected chi connectivity index (χ3v) is 7.34. The second kappa shape index (κ2) is 13.7. The Hall–Kier alpha value is -2.14. The summed E-state index contributed by atoms with van der Waals surface area (Å²) >= 11 is 3.55. The highest BCUT2D eigenvalue weighted by atomic mass is 79.9. The summed E-state index contributed by atoms with van der Waals surface area (Å²) in [6, 6.07) is 9.31. The Morgan fingerprint density at radius 3 is 2.26 bits per heavy atom. The fraction of sp³-hybridized carbons (Fsp3) is 0.517. The molecule has 1 aromatic carbocycles. The van der Waals surface area contributed by atoms with Gasteiger partial charge in [0.05, 0.1) is 12.5 Å². The number of ketones is 1. The van der Waals surface area contributed by atoms with E-state index >= 15 is 0 Å². The average molecular weight is 529 g/mol. The molecule has 184 valence electrons. The Labute approximate surface area is 212 Å². The fourth-order valence-corrected chi connectivity index (χ4v) is 5.34. The third kappa shape index (κ3) is 6.94. The molecule has 34 heavy (non-hydrogen) atoms. The summed E-state index contributed by atoms with van der Waals surface area (Å²) in [6.45, 7) is 7.13. The number of benzene rings is 1. The van der Waals surface area contributed by atoms with Crippen molar-refractivity contribution < 1.29 is 14.3 Å². The van der Waals surface area contributed by atoms with E-state index in [1.165, 1.54) is 51.4 Å². The molecule has 1 unspecified atom stereocenters. The summed E-state index contributed by atoms with van der Waals surface area (Å²) in [5.74, 6) is -0.522. The van der Waals surface area contributed by atoms with Crippen LogP contribution >= 0.6 is 15.9 Å². The zero-order valence-electron chi connectivity index (χ0n) is 20.5. The van der Waals surface area contributed by atoms with Crippen molar-refractivity contribution in [3.63, 3.8) is 0 Å². The number of nitrogens with zero attached hydrogens (tertiary/aromatic N) is 1. The number of halogens is 1. The van der Waals surface area contributed by atoms with Crippen LogP contribution in [0.25, 0.3) is 6.08 Å². The standard InChI is InChI=1S/C29H38BrNO3/c1-3-5-6-7-8-9-10-11-12-13-20-34-29(33)24-18-19-31-26(24)21-25(30)27(31)28(32)23-16-14-22(4-2)15-17-23/h4,14-17,21,24H,2-3,5-13,18-20H2,1H3. The van der Waals surface area contributed by atoms with Crippen molar-refractivity contribution in [1.82, 2.24) is 4.57 Å². The molecule has 1 aliphatic heterocycles. The average Bonchev–Trinajstić information content (AvgIpc) is 3.39. The lowest BCUT2D eigenvalue weighted by atomic mass is 10.0. The van der Waals surface area contributed by atoms with Crippen LogP contribution in [0.2, 0.25) is 0 Å². The number of unbranched alkanes of at least 4 members (excludes halogenated alkanes) is 9. The van der Waals surface area contributed by atoms with Gasteiger partial charge in [-0.1, -0.05) is 102 Å². The van der Waals surface area contributed by atoms with E-state index in [0.717, 1.165) is 28.6 Å². The lowest BCUT2D eigenvalue weighted by molar-refractivity contribution is -0.145. The van der Waals surface area contributed by atoms with Crippen LogP contribution in [0.3, 0.4) is 0 Å². The van der Waals surface area contributed by atoms with E-state index in [4.69, 9.17) is 4.74 Å². The van der Waals surface area contributed by atoms with Crippen molar-refractivity contribution in [1.29, 1.82) is 0 Å². The van der Waals surface area contributed by atoms with Crippen molar-refractivity contribution in [2.45, 2.75) is 90.0 Å². The maximum atomic E-state index is 13.2. The van der Waals surface area contributed by atoms with Crippen LogP contribution in [0.5, 0.6) is 0 Å². The first-order chi connectivity index (χ1) is 16.6. The number of carbonyl (C=O) groups excluding carboxylic acids is 2. The van der Waals surface area contributed by atoms with Crippen LogP contribution in [0.4, 0.5) is 0 Å². The molecular formula is C29H38BrNO3. The molecule has 0 amide bonds. The van der Waals surface area contributed by atoms with Gasteiger partial charge in [-0.3, -0.25) is 9.59 Å². The van der Waals surface area contributed by atoms with Crippen LogP contribution in [0.1, 0.15) is 111 Å². The molecule has 0 spiro atoms. The summed E-state index contributed by atoms with van der Waals surface area (Å²) in [5, 5.41) is 0. The lowest BCUT2D eigenvalue weighted by Gasteiger charge is -2.10. The molecule has 5 heteroatoms. The Morgan fingerprint density at radius 1 is 1.03 bits per heavy atom. The van der Waals surface area contributed by atoms with E-state index in [1.54, 1.807) is 6.08 Å². The number of hydrogen-bond donors (Lipinski definition) is 0. The van der Waals surface area contributed by atoms with Crippen molar-refractivity contribution in [2.24, 2.45) is 0 Å². The predicted molar refractivity (Wildman–Crippen MR) is 142 cm³/mol. The summed E-state index contributed by atoms with van der Waals surface area (Å²) in [4.78, 5) is 25.9. The van der Waals surface area contributed by atoms with Crippen LogP contribution in [-0.4, -0.2) is 22.9 Å². The molecule has 0 N–H and O–H groups in total. The summed E-state index contributed by atoms with van der Waals surface area (Å²) < 4.78 is 8.31. The van der Waals surface area contributed by atoms with Gasteiger partial charge in [-0.05, 0) is 40.4 Å². The second-order valence-electron chi connectivity index (χ2n) is 9.26. The Balaban J connectivity index is 1.44. The van der Waals surface area contributed by atoms with Crippen LogP contribution in [0.15, 0.2) is 41.4 Å². The highest BCUT2D eigenvalue weighted by Gasteiger charge is 2.34. The Bertz CT molecular complexity index is 961. The Morgan fingerprint density at radius 2 is 1.65 bits per heavy atom. The van der Waals surface area contributed by atoms with Crippen molar-refractivity contribution in [2.75, 3.05) is 6.61 Å². The first-order valence-electron chi connectivity index (χ1n) is 12.9. The minimum atomic E-state index is -0.302. The van der Waals surface area contributed by atoms with Crippen molar-refractivity contribution in [3.8, 4) is 0 Å². The molecule has 1 aliphatic rings. The molecule has 4 nitrogen and oxygen atoms in total. The van der Waals surface area contributed by atoms with E-state index in [9.17, 15) is 9.59 Å². The van der Waals surface area contributed by atoms with E-state index in [1.807, 2.05) is 34.9 Å². The van der Waals surface area contributed by atoms with Crippen LogP contribution in [0, 0.1) is 0 Å². The van der Waals surface area contributed by atoms with Gasteiger partial charge in [0.25, 0.3) is 0 Å². The number of fused-ring (bicyclic) bond motifs is 1. The predicted octanol–water partition coefficient (Wildman–Crippen LogP) is 8.08. The van der Waals surface area contributed by atoms with Gasteiger partial charge in [0.15, 0.2) is 0 Å². The van der Waals surface area contributed by atoms with E-state index in [2.05, 4.69) is 29.4 Å². The number of esters is 1. The second-order valence-corrected chi connectivity index (χ2v) is 10.1. The normalized spacial score (nSPS) is 14.7. The quantitative estimate of drug-likeness (QED) is 0.133. The van der Waals surface area contributed by atoms with E-state index < -0.39 is 0 Å². The Kier molecular flexibility index (Phi) is 10.6. The van der Waals surface area contributed by atoms with Crippen LogP contribution < -0.4 is 0 Å². The molecular weight excluding hydrogens is 490 g/mol. The van der Waals surface area contributed by atoms with E-state index in [0.29, 0.717) is 30.8 Å². The number of aromatic nitrogens is 1. The zero-order chi connectivity index (χ0) is 24.3. The largest absolute Gasteiger partial charge is 0.465 e. The highest BCUT2D eigenvalue weighted by molar-refractivity contribution is 9.10. The first-order valence-corrected chi connectivity index (χ1v) is 13.7. The fourth-order valence-electron chi connectivity index (χ4n) is 4.71. The van der Waals surface area contributed by atoms with Gasteiger partial charge in [-0.2, -0.15) is 0 Å². The maximum Gasteiger partial charge on any atom is 0.315 e. The molecule has 0 radical (unpaired) electrons. The highest BCUT2D eigenvalue weighted by Crippen LogP contribution is 2.37. The first kappa shape index (κ1) is 26.5. The number of ether oxygens (including phenoxy) is 1. The number of hydrogen-bond acceptors (Lipinski definition) is 3. The molecule has 0 bridgehead atoms. The summed E-state index contributed by atoms with van der Waals surface area (Å²) in [7, 11) is 0. The molecule has 2 aromatic rings. The topological polar surface area (TPSA) is 48.3 Å². The number of rotatable bonds is 15. The molecule has 0 saturated heterocycles. The molecule has 1 atom stereocenters. The lowest BCUT2D eigenvalue weighted by Crippen LogP contribution is -2.14. The minimum Gasteiger partial charge on any atom is -0.465 e. The van der Waals surface area contributed by atoms with Gasteiger partial charge in [0, 0.05) is 22.3 Å². The maximum absolute atomic E-state index is 13.2. The molecule has 0 fully saturated rings. The van der Waals surface area contributed by atoms with Gasteiger partial charge < -0.3 is 9.30 Å². The molecule has 0 aliphatic carbocycles. The van der Waals surface area contributed by atoms with Gasteiger partial charge in [-0.15, -0.1) is 0 Å². The van der Waals surface area contributed by atoms with Crippen molar-refractivity contribution >= 4 is 33.8 Å². The monoisotopic (exact) mass is 527 g/mol. The SMILES string of the molecule is C=Cc1ccc(C(=O)c2c(Br)cc3n2CCC3C(=O)OCCCCCCCCCCCC)cc1. The van der Waals surface area contributed by atoms with Gasteiger partial charge in [0.1, 0.15) is 5.69 Å². The molecule has 3 rings (SSSR count). The molecule has 1 aromatic heterocycles. The van der Waals surface area contributed by atoms with Crippen LogP contribution in [-0.2, 0) is 16.1 Å². The minimum absolute atomic E-state index is 0.0480. The van der Waals surface area contributed by atoms with Gasteiger partial charge in [0.2, 0.25) is 5.78 Å². The smallest absolute Gasteiger partial charge is 0.315 e. The number of carbonyl (C=O) groups is 2. The third-order valence-electron chi connectivity index (χ3n) is 6.73. The zero-order valence-corrected chi connectivity index (χ0v) is 22.1. The van der Waals surface area contributed by atoms with E-state index in [-0.39, 0.29) is 17.7 Å². The molecule has 0 saturated carbocycles. The van der Waals surface area contributed by atoms with Gasteiger partial charge >= 0.3 is 5.97 Å². The van der Waals surface area contributed by atoms with Gasteiger partial charge in [-0.25, -0.2) is 0 Å².